The number of carbonyl (C=O) groups is 1. The molecule has 0 unspecified atom stereocenters. The molecule has 2 aromatic carbocycles. The summed E-state index contributed by atoms with van der Waals surface area (Å²) in [6.45, 7) is 0.361. The second-order valence-corrected chi connectivity index (χ2v) is 4.58. The largest absolute Gasteiger partial charge is 0.508 e. The number of carbonyl (C=O) groups excluding carboxylic acids is 1. The third kappa shape index (κ3) is 3.85. The fourth-order valence-electron chi connectivity index (χ4n) is 1.99. The molecule has 2 aromatic rings. The zero-order valence-electron chi connectivity index (χ0n) is 10.9. The molecule has 0 aromatic heterocycles. The third-order valence-electron chi connectivity index (χ3n) is 2.92. The van der Waals surface area contributed by atoms with E-state index in [1.54, 1.807) is 18.2 Å². The first-order valence-corrected chi connectivity index (χ1v) is 6.21. The summed E-state index contributed by atoms with van der Waals surface area (Å²) in [5.41, 5.74) is 1.86. The SMILES string of the molecule is CN(CC(=O)Cc1cccc(O)c1)c1ccccc1. The van der Waals surface area contributed by atoms with E-state index in [4.69, 9.17) is 0 Å². The van der Waals surface area contributed by atoms with Gasteiger partial charge in [-0.2, -0.15) is 0 Å². The van der Waals surface area contributed by atoms with Gasteiger partial charge in [0.25, 0.3) is 0 Å². The summed E-state index contributed by atoms with van der Waals surface area (Å²) in [4.78, 5) is 13.9. The standard InChI is InChI=1S/C16H17NO2/c1-17(14-7-3-2-4-8-14)12-16(19)11-13-6-5-9-15(18)10-13/h2-10,18H,11-12H2,1H3. The van der Waals surface area contributed by atoms with Crippen molar-refractivity contribution in [2.75, 3.05) is 18.5 Å². The van der Waals surface area contributed by atoms with Crippen LogP contribution in [0.3, 0.4) is 0 Å². The van der Waals surface area contributed by atoms with E-state index in [9.17, 15) is 9.90 Å². The molecule has 2 rings (SSSR count). The molecule has 0 spiro atoms. The van der Waals surface area contributed by atoms with Crippen LogP contribution in [-0.4, -0.2) is 24.5 Å². The third-order valence-corrected chi connectivity index (χ3v) is 2.92. The normalized spacial score (nSPS) is 10.2. The van der Waals surface area contributed by atoms with Crippen LogP contribution < -0.4 is 4.90 Å². The number of Topliss-reactive ketones (excluding diaryl/α,β-unsaturated/α-hetero) is 1. The van der Waals surface area contributed by atoms with Gasteiger partial charge in [0.15, 0.2) is 5.78 Å². The van der Waals surface area contributed by atoms with Gasteiger partial charge in [0.2, 0.25) is 0 Å². The van der Waals surface area contributed by atoms with Gasteiger partial charge in [-0.15, -0.1) is 0 Å². The van der Waals surface area contributed by atoms with Crippen molar-refractivity contribution in [3.63, 3.8) is 0 Å². The molecular formula is C16H17NO2. The van der Waals surface area contributed by atoms with E-state index >= 15 is 0 Å². The lowest BCUT2D eigenvalue weighted by Gasteiger charge is -2.18. The number of phenols is 1. The predicted molar refractivity (Wildman–Crippen MR) is 76.5 cm³/mol. The summed E-state index contributed by atoms with van der Waals surface area (Å²) in [7, 11) is 1.90. The fourth-order valence-corrected chi connectivity index (χ4v) is 1.99. The molecule has 0 aliphatic carbocycles. The maximum atomic E-state index is 12.0. The number of hydrogen-bond donors (Lipinski definition) is 1. The quantitative estimate of drug-likeness (QED) is 0.893. The summed E-state index contributed by atoms with van der Waals surface area (Å²) in [6, 6.07) is 16.6. The van der Waals surface area contributed by atoms with Gasteiger partial charge < -0.3 is 10.0 Å². The first-order chi connectivity index (χ1) is 9.15. The molecule has 98 valence electrons. The molecule has 1 N–H and O–H groups in total. The lowest BCUT2D eigenvalue weighted by molar-refractivity contribution is -0.117. The summed E-state index contributed by atoms with van der Waals surface area (Å²) in [5.74, 6) is 0.318. The van der Waals surface area contributed by atoms with Gasteiger partial charge in [0.1, 0.15) is 5.75 Å². The van der Waals surface area contributed by atoms with Crippen LogP contribution in [0.5, 0.6) is 5.75 Å². The molecule has 0 aliphatic heterocycles. The van der Waals surface area contributed by atoms with Crippen molar-refractivity contribution in [2.24, 2.45) is 0 Å². The second-order valence-electron chi connectivity index (χ2n) is 4.58. The van der Waals surface area contributed by atoms with Gasteiger partial charge in [-0.25, -0.2) is 0 Å². The first kappa shape index (κ1) is 13.1. The smallest absolute Gasteiger partial charge is 0.156 e. The van der Waals surface area contributed by atoms with E-state index in [0.717, 1.165) is 11.3 Å². The van der Waals surface area contributed by atoms with Crippen LogP contribution in [0.1, 0.15) is 5.56 Å². The average molecular weight is 255 g/mol. The Labute approximate surface area is 113 Å². The number of nitrogens with zero attached hydrogens (tertiary/aromatic N) is 1. The Hall–Kier alpha value is -2.29. The van der Waals surface area contributed by atoms with Crippen LogP contribution in [-0.2, 0) is 11.2 Å². The van der Waals surface area contributed by atoms with Gasteiger partial charge in [0.05, 0.1) is 6.54 Å². The van der Waals surface area contributed by atoms with Crippen LogP contribution in [0.2, 0.25) is 0 Å². The van der Waals surface area contributed by atoms with Crippen LogP contribution >= 0.6 is 0 Å². The Kier molecular flexibility index (Phi) is 4.18. The Morgan fingerprint density at radius 2 is 1.84 bits per heavy atom. The lowest BCUT2D eigenvalue weighted by Crippen LogP contribution is -2.26. The van der Waals surface area contributed by atoms with E-state index in [2.05, 4.69) is 0 Å². The van der Waals surface area contributed by atoms with Gasteiger partial charge in [-0.1, -0.05) is 30.3 Å². The van der Waals surface area contributed by atoms with E-state index in [1.807, 2.05) is 48.3 Å². The molecule has 0 bridgehead atoms. The molecule has 3 heteroatoms. The second kappa shape index (κ2) is 6.05. The topological polar surface area (TPSA) is 40.5 Å². The van der Waals surface area contributed by atoms with Gasteiger partial charge >= 0.3 is 0 Å². The number of likely N-dealkylation sites (N-methyl/N-ethyl adjacent to an activating group) is 1. The molecule has 0 fully saturated rings. The van der Waals surface area contributed by atoms with Crippen molar-refractivity contribution in [3.05, 3.63) is 60.2 Å². The molecule has 0 atom stereocenters. The van der Waals surface area contributed by atoms with Crippen molar-refractivity contribution in [1.29, 1.82) is 0 Å². The van der Waals surface area contributed by atoms with Gasteiger partial charge in [-0.05, 0) is 29.8 Å². The summed E-state index contributed by atoms with van der Waals surface area (Å²) < 4.78 is 0. The van der Waals surface area contributed by atoms with Crippen molar-refractivity contribution in [3.8, 4) is 5.75 Å². The molecule has 0 radical (unpaired) electrons. The number of ketones is 1. The van der Waals surface area contributed by atoms with Crippen LogP contribution in [0.25, 0.3) is 0 Å². The Morgan fingerprint density at radius 1 is 1.11 bits per heavy atom. The number of aromatic hydroxyl groups is 1. The maximum absolute atomic E-state index is 12.0. The molecule has 0 saturated heterocycles. The molecule has 0 aliphatic rings. The Balaban J connectivity index is 1.95. The van der Waals surface area contributed by atoms with Gasteiger partial charge in [0, 0.05) is 19.2 Å². The van der Waals surface area contributed by atoms with Crippen molar-refractivity contribution >= 4 is 11.5 Å². The van der Waals surface area contributed by atoms with Crippen LogP contribution in [0.15, 0.2) is 54.6 Å². The molecule has 0 heterocycles. The first-order valence-electron chi connectivity index (χ1n) is 6.21. The number of para-hydroxylation sites is 1. The number of anilines is 1. The summed E-state index contributed by atoms with van der Waals surface area (Å²) in [5, 5.41) is 9.36. The summed E-state index contributed by atoms with van der Waals surface area (Å²) >= 11 is 0. The highest BCUT2D eigenvalue weighted by Crippen LogP contribution is 2.13. The highest BCUT2D eigenvalue weighted by Gasteiger charge is 2.08. The van der Waals surface area contributed by atoms with Crippen molar-refractivity contribution in [2.45, 2.75) is 6.42 Å². The van der Waals surface area contributed by atoms with E-state index in [0.29, 0.717) is 13.0 Å². The Bertz CT molecular complexity index is 552. The van der Waals surface area contributed by atoms with Gasteiger partial charge in [-0.3, -0.25) is 4.79 Å². The molecule has 3 nitrogen and oxygen atoms in total. The zero-order chi connectivity index (χ0) is 13.7. The van der Waals surface area contributed by atoms with Crippen molar-refractivity contribution < 1.29 is 9.90 Å². The molecule has 0 amide bonds. The lowest BCUT2D eigenvalue weighted by atomic mass is 10.1. The Morgan fingerprint density at radius 3 is 2.53 bits per heavy atom. The summed E-state index contributed by atoms with van der Waals surface area (Å²) in [6.07, 6.45) is 0.339. The highest BCUT2D eigenvalue weighted by atomic mass is 16.3. The number of phenolic OH excluding ortho intramolecular Hbond substituents is 1. The number of benzene rings is 2. The van der Waals surface area contributed by atoms with E-state index in [1.165, 1.54) is 0 Å². The average Bonchev–Trinajstić information content (AvgIpc) is 2.39. The zero-order valence-corrected chi connectivity index (χ0v) is 10.9. The van der Waals surface area contributed by atoms with E-state index < -0.39 is 0 Å². The minimum Gasteiger partial charge on any atom is -0.508 e. The van der Waals surface area contributed by atoms with E-state index in [-0.39, 0.29) is 11.5 Å². The highest BCUT2D eigenvalue weighted by molar-refractivity contribution is 5.85. The van der Waals surface area contributed by atoms with Crippen LogP contribution in [0.4, 0.5) is 5.69 Å². The predicted octanol–water partition coefficient (Wildman–Crippen LogP) is 2.64. The number of rotatable bonds is 5. The molecule has 19 heavy (non-hydrogen) atoms. The number of hydrogen-bond acceptors (Lipinski definition) is 3. The van der Waals surface area contributed by atoms with Crippen molar-refractivity contribution in [1.82, 2.24) is 0 Å². The molecular weight excluding hydrogens is 238 g/mol. The minimum atomic E-state index is 0.122. The fraction of sp³-hybridized carbons (Fsp3) is 0.188. The monoisotopic (exact) mass is 255 g/mol. The maximum Gasteiger partial charge on any atom is 0.156 e. The minimum absolute atomic E-state index is 0.122. The van der Waals surface area contributed by atoms with Crippen LogP contribution in [0, 0.1) is 0 Å². The molecule has 0 saturated carbocycles.